The van der Waals surface area contributed by atoms with Crippen LogP contribution in [-0.4, -0.2) is 65.4 Å². The third-order valence-electron chi connectivity index (χ3n) is 5.97. The van der Waals surface area contributed by atoms with E-state index in [0.29, 0.717) is 26.1 Å². The Morgan fingerprint density at radius 3 is 2.38 bits per heavy atom. The Morgan fingerprint density at radius 2 is 1.69 bits per heavy atom. The number of carbonyl (C=O) groups is 2. The highest BCUT2D eigenvalue weighted by atomic mass is 16.5. The molecule has 5 rings (SSSR count). The van der Waals surface area contributed by atoms with Crippen LogP contribution in [-0.2, 0) is 4.79 Å². The van der Waals surface area contributed by atoms with Crippen LogP contribution < -0.4 is 9.64 Å². The summed E-state index contributed by atoms with van der Waals surface area (Å²) in [6.45, 7) is 3.28. The molecule has 2 saturated heterocycles. The number of rotatable bonds is 5. The average molecular weight is 432 g/mol. The first-order valence-electron chi connectivity index (χ1n) is 10.7. The number of hydrogen-bond donors (Lipinski definition) is 0. The lowest BCUT2D eigenvalue weighted by atomic mass is 10.2. The van der Waals surface area contributed by atoms with E-state index in [1.54, 1.807) is 4.90 Å². The summed E-state index contributed by atoms with van der Waals surface area (Å²) < 4.78 is 11.0. The van der Waals surface area contributed by atoms with Crippen molar-refractivity contribution in [2.45, 2.75) is 12.5 Å². The Bertz CT molecular complexity index is 1060. The fourth-order valence-electron chi connectivity index (χ4n) is 4.26. The third-order valence-corrected chi connectivity index (χ3v) is 5.97. The Labute approximate surface area is 186 Å². The van der Waals surface area contributed by atoms with Crippen LogP contribution in [0.2, 0.25) is 0 Å². The van der Waals surface area contributed by atoms with Crippen molar-refractivity contribution >= 4 is 17.5 Å². The summed E-state index contributed by atoms with van der Waals surface area (Å²) in [7, 11) is 0. The highest BCUT2D eigenvalue weighted by Gasteiger charge is 2.36. The summed E-state index contributed by atoms with van der Waals surface area (Å²) in [5.41, 5.74) is 0.871. The average Bonchev–Trinajstić information content (AvgIpc) is 3.50. The zero-order valence-electron chi connectivity index (χ0n) is 17.6. The zero-order valence-corrected chi connectivity index (χ0v) is 17.6. The number of anilines is 1. The standard InChI is InChI=1S/C24H24N4O4/c29-22-16-19(26-11-13-27(14-12-26)24(30)23-25-10-15-31-23)17-28(22)18-6-8-21(9-7-18)32-20-4-2-1-3-5-20/h1-10,15,19H,11-14,16-17H2. The number of amides is 2. The lowest BCUT2D eigenvalue weighted by Gasteiger charge is -2.37. The molecule has 0 saturated carbocycles. The summed E-state index contributed by atoms with van der Waals surface area (Å²) in [5, 5.41) is 0. The number of ether oxygens (including phenoxy) is 1. The SMILES string of the molecule is O=C(c1ncco1)N1CCN(C2CC(=O)N(c3ccc(Oc4ccccc4)cc3)C2)CC1. The number of para-hydroxylation sites is 1. The molecule has 1 aromatic heterocycles. The molecule has 3 aromatic rings. The van der Waals surface area contributed by atoms with Crippen LogP contribution in [0.1, 0.15) is 17.1 Å². The molecule has 0 bridgehead atoms. The van der Waals surface area contributed by atoms with Gasteiger partial charge in [-0.3, -0.25) is 14.5 Å². The van der Waals surface area contributed by atoms with Gasteiger partial charge < -0.3 is 19.0 Å². The van der Waals surface area contributed by atoms with E-state index in [0.717, 1.165) is 30.3 Å². The van der Waals surface area contributed by atoms with Gasteiger partial charge in [-0.1, -0.05) is 18.2 Å². The predicted molar refractivity (Wildman–Crippen MR) is 118 cm³/mol. The van der Waals surface area contributed by atoms with E-state index in [2.05, 4.69) is 9.88 Å². The van der Waals surface area contributed by atoms with Gasteiger partial charge in [0.1, 0.15) is 17.8 Å². The molecule has 0 spiro atoms. The highest BCUT2D eigenvalue weighted by Crippen LogP contribution is 2.28. The van der Waals surface area contributed by atoms with Crippen molar-refractivity contribution in [2.24, 2.45) is 0 Å². The van der Waals surface area contributed by atoms with Gasteiger partial charge in [-0.05, 0) is 36.4 Å². The van der Waals surface area contributed by atoms with Gasteiger partial charge in [-0.15, -0.1) is 0 Å². The number of aromatic nitrogens is 1. The van der Waals surface area contributed by atoms with E-state index < -0.39 is 0 Å². The Balaban J connectivity index is 1.17. The number of carbonyl (C=O) groups excluding carboxylic acids is 2. The third kappa shape index (κ3) is 4.22. The van der Waals surface area contributed by atoms with Crippen LogP contribution in [0.4, 0.5) is 5.69 Å². The van der Waals surface area contributed by atoms with Gasteiger partial charge in [0.2, 0.25) is 5.91 Å². The first-order valence-corrected chi connectivity index (χ1v) is 10.7. The molecule has 0 aliphatic carbocycles. The number of benzene rings is 2. The summed E-state index contributed by atoms with van der Waals surface area (Å²) in [4.78, 5) is 34.9. The molecular weight excluding hydrogens is 408 g/mol. The van der Waals surface area contributed by atoms with Gasteiger partial charge in [0.15, 0.2) is 0 Å². The lowest BCUT2D eigenvalue weighted by molar-refractivity contribution is -0.117. The molecule has 2 amide bonds. The monoisotopic (exact) mass is 432 g/mol. The first kappa shape index (κ1) is 20.3. The van der Waals surface area contributed by atoms with Gasteiger partial charge in [0.05, 0.1) is 6.20 Å². The molecule has 32 heavy (non-hydrogen) atoms. The van der Waals surface area contributed by atoms with Gasteiger partial charge in [0, 0.05) is 50.9 Å². The van der Waals surface area contributed by atoms with Crippen LogP contribution >= 0.6 is 0 Å². The smallest absolute Gasteiger partial charge is 0.309 e. The molecule has 8 nitrogen and oxygen atoms in total. The van der Waals surface area contributed by atoms with E-state index in [-0.39, 0.29) is 23.7 Å². The van der Waals surface area contributed by atoms with Crippen LogP contribution in [0.15, 0.2) is 71.5 Å². The minimum absolute atomic E-state index is 0.116. The van der Waals surface area contributed by atoms with E-state index in [4.69, 9.17) is 9.15 Å². The highest BCUT2D eigenvalue weighted by molar-refractivity contribution is 5.96. The van der Waals surface area contributed by atoms with Crippen molar-refractivity contribution in [3.8, 4) is 11.5 Å². The van der Waals surface area contributed by atoms with Crippen molar-refractivity contribution in [2.75, 3.05) is 37.6 Å². The fraction of sp³-hybridized carbons (Fsp3) is 0.292. The van der Waals surface area contributed by atoms with Gasteiger partial charge in [-0.25, -0.2) is 4.98 Å². The van der Waals surface area contributed by atoms with Crippen molar-refractivity contribution in [1.82, 2.24) is 14.8 Å². The Hall–Kier alpha value is -3.65. The normalized spacial score (nSPS) is 19.4. The molecule has 0 radical (unpaired) electrons. The summed E-state index contributed by atoms with van der Waals surface area (Å²) in [5.74, 6) is 1.56. The quantitative estimate of drug-likeness (QED) is 0.617. The number of hydrogen-bond acceptors (Lipinski definition) is 6. The second-order valence-electron chi connectivity index (χ2n) is 7.94. The molecule has 2 fully saturated rings. The van der Waals surface area contributed by atoms with Crippen molar-refractivity contribution in [3.63, 3.8) is 0 Å². The van der Waals surface area contributed by atoms with Gasteiger partial charge in [-0.2, -0.15) is 0 Å². The number of oxazole rings is 1. The Morgan fingerprint density at radius 1 is 0.969 bits per heavy atom. The summed E-state index contributed by atoms with van der Waals surface area (Å²) in [6.07, 6.45) is 3.36. The van der Waals surface area contributed by atoms with Crippen LogP contribution in [0, 0.1) is 0 Å². The summed E-state index contributed by atoms with van der Waals surface area (Å²) >= 11 is 0. The largest absolute Gasteiger partial charge is 0.457 e. The predicted octanol–water partition coefficient (Wildman–Crippen LogP) is 3.03. The van der Waals surface area contributed by atoms with Gasteiger partial charge in [0.25, 0.3) is 5.89 Å². The molecule has 2 aliphatic rings. The van der Waals surface area contributed by atoms with Crippen molar-refractivity contribution in [3.05, 3.63) is 72.9 Å². The molecular formula is C24H24N4O4. The minimum Gasteiger partial charge on any atom is -0.457 e. The van der Waals surface area contributed by atoms with Crippen LogP contribution in [0.25, 0.3) is 0 Å². The maximum absolute atomic E-state index is 12.7. The zero-order chi connectivity index (χ0) is 21.9. The molecule has 1 unspecified atom stereocenters. The van der Waals surface area contributed by atoms with Crippen LogP contribution in [0.3, 0.4) is 0 Å². The van der Waals surface area contributed by atoms with E-state index >= 15 is 0 Å². The molecule has 1 atom stereocenters. The van der Waals surface area contributed by atoms with Gasteiger partial charge >= 0.3 is 5.91 Å². The number of nitrogens with zero attached hydrogens (tertiary/aromatic N) is 4. The molecule has 2 aliphatic heterocycles. The molecule has 164 valence electrons. The molecule has 2 aromatic carbocycles. The molecule has 3 heterocycles. The summed E-state index contributed by atoms with van der Waals surface area (Å²) in [6, 6.07) is 17.4. The topological polar surface area (TPSA) is 79.1 Å². The van der Waals surface area contributed by atoms with E-state index in [9.17, 15) is 9.59 Å². The van der Waals surface area contributed by atoms with Crippen LogP contribution in [0.5, 0.6) is 11.5 Å². The molecule has 8 heteroatoms. The first-order chi connectivity index (χ1) is 15.7. The fourth-order valence-corrected chi connectivity index (χ4v) is 4.26. The van der Waals surface area contributed by atoms with E-state index in [1.165, 1.54) is 12.5 Å². The maximum atomic E-state index is 12.7. The lowest BCUT2D eigenvalue weighted by Crippen LogP contribution is -2.52. The number of piperazine rings is 1. The second-order valence-corrected chi connectivity index (χ2v) is 7.94. The molecule has 0 N–H and O–H groups in total. The van der Waals surface area contributed by atoms with Crippen molar-refractivity contribution < 1.29 is 18.7 Å². The van der Waals surface area contributed by atoms with Crippen molar-refractivity contribution in [1.29, 1.82) is 0 Å². The minimum atomic E-state index is -0.184. The maximum Gasteiger partial charge on any atom is 0.309 e. The second kappa shape index (κ2) is 8.84. The Kier molecular flexibility index (Phi) is 5.60. The van der Waals surface area contributed by atoms with E-state index in [1.807, 2.05) is 59.5 Å².